The summed E-state index contributed by atoms with van der Waals surface area (Å²) in [6.45, 7) is 1.66. The molecule has 0 aliphatic carbocycles. The van der Waals surface area contributed by atoms with Gasteiger partial charge in [0.15, 0.2) is 5.78 Å². The number of carbonyl (C=O) groups excluding carboxylic acids is 2. The van der Waals surface area contributed by atoms with Crippen LogP contribution in [0.2, 0.25) is 0 Å². The lowest BCUT2D eigenvalue weighted by Gasteiger charge is -2.25. The molecule has 7 nitrogen and oxygen atoms in total. The second-order valence-corrected chi connectivity index (χ2v) is 9.09. The van der Waals surface area contributed by atoms with E-state index in [2.05, 4.69) is 6.92 Å². The number of rotatable bonds is 20. The van der Waals surface area contributed by atoms with E-state index in [1.165, 1.54) is 44.9 Å². The Morgan fingerprint density at radius 2 is 1.29 bits per heavy atom. The minimum Gasteiger partial charge on any atom is -0.463 e. The van der Waals surface area contributed by atoms with Crippen molar-refractivity contribution in [2.45, 2.75) is 115 Å². The van der Waals surface area contributed by atoms with Crippen molar-refractivity contribution in [3.05, 3.63) is 35.9 Å². The Morgan fingerprint density at radius 1 is 0.765 bits per heavy atom. The maximum Gasteiger partial charge on any atom is 0.310 e. The van der Waals surface area contributed by atoms with Crippen molar-refractivity contribution in [1.82, 2.24) is 0 Å². The number of hydrogen-bond acceptors (Lipinski definition) is 7. The fourth-order valence-corrected chi connectivity index (χ4v) is 3.81. The van der Waals surface area contributed by atoms with E-state index in [1.807, 2.05) is 6.07 Å². The van der Waals surface area contributed by atoms with Gasteiger partial charge in [-0.3, -0.25) is 9.59 Å². The van der Waals surface area contributed by atoms with Crippen molar-refractivity contribution in [3.8, 4) is 0 Å². The van der Waals surface area contributed by atoms with Crippen LogP contribution in [0.15, 0.2) is 30.3 Å². The van der Waals surface area contributed by atoms with Gasteiger partial charge < -0.3 is 25.2 Å². The molecule has 0 spiro atoms. The maximum absolute atomic E-state index is 12.2. The van der Waals surface area contributed by atoms with E-state index in [0.717, 1.165) is 24.8 Å². The molecule has 0 aliphatic heterocycles. The Kier molecular flexibility index (Phi) is 16.5. The number of benzene rings is 1. The second-order valence-electron chi connectivity index (χ2n) is 9.09. The van der Waals surface area contributed by atoms with Crippen LogP contribution in [0.25, 0.3) is 0 Å². The Morgan fingerprint density at radius 3 is 1.85 bits per heavy atom. The maximum atomic E-state index is 12.2. The summed E-state index contributed by atoms with van der Waals surface area (Å²) in [5, 5.41) is 40.2. The molecule has 0 radical (unpaired) electrons. The highest BCUT2D eigenvalue weighted by Crippen LogP contribution is 2.14. The van der Waals surface area contributed by atoms with Crippen molar-refractivity contribution in [2.75, 3.05) is 6.61 Å². The molecule has 0 aromatic heterocycles. The predicted molar refractivity (Wildman–Crippen MR) is 131 cm³/mol. The molecule has 0 saturated carbocycles. The molecule has 1 aromatic rings. The second kappa shape index (κ2) is 18.5. The molecule has 1 rings (SSSR count). The van der Waals surface area contributed by atoms with E-state index < -0.39 is 42.8 Å². The van der Waals surface area contributed by atoms with E-state index in [1.54, 1.807) is 24.3 Å². The zero-order chi connectivity index (χ0) is 25.2. The molecule has 4 atom stereocenters. The van der Waals surface area contributed by atoms with Crippen LogP contribution < -0.4 is 0 Å². The Labute approximate surface area is 204 Å². The number of hydrogen-bond donors (Lipinski definition) is 4. The van der Waals surface area contributed by atoms with Crippen LogP contribution in [-0.4, -0.2) is 63.2 Å². The first-order valence-corrected chi connectivity index (χ1v) is 12.8. The molecule has 34 heavy (non-hydrogen) atoms. The molecule has 1 aromatic carbocycles. The lowest BCUT2D eigenvalue weighted by atomic mass is 9.97. The lowest BCUT2D eigenvalue weighted by Crippen LogP contribution is -2.49. The number of unbranched alkanes of at least 4 members (excludes halogenated alkanes) is 10. The van der Waals surface area contributed by atoms with Gasteiger partial charge in [0, 0.05) is 6.42 Å². The predicted octanol–water partition coefficient (Wildman–Crippen LogP) is 3.49. The highest BCUT2D eigenvalue weighted by atomic mass is 16.5. The van der Waals surface area contributed by atoms with Gasteiger partial charge in [0.1, 0.15) is 31.0 Å². The minimum atomic E-state index is -1.86. The van der Waals surface area contributed by atoms with Gasteiger partial charge in [0.25, 0.3) is 0 Å². The van der Waals surface area contributed by atoms with E-state index in [4.69, 9.17) is 4.74 Å². The van der Waals surface area contributed by atoms with E-state index in [-0.39, 0.29) is 12.8 Å². The number of ketones is 1. The van der Waals surface area contributed by atoms with Gasteiger partial charge in [-0.2, -0.15) is 0 Å². The van der Waals surface area contributed by atoms with Gasteiger partial charge in [-0.25, -0.2) is 0 Å². The van der Waals surface area contributed by atoms with Crippen LogP contribution in [0.4, 0.5) is 0 Å². The zero-order valence-corrected chi connectivity index (χ0v) is 20.6. The number of Topliss-reactive ketones (excluding diaryl/α,β-unsaturated/α-hetero) is 1. The smallest absolute Gasteiger partial charge is 0.310 e. The molecule has 0 fully saturated rings. The molecule has 0 saturated heterocycles. The quantitative estimate of drug-likeness (QED) is 0.166. The summed E-state index contributed by atoms with van der Waals surface area (Å²) >= 11 is 0. The molecule has 0 unspecified atom stereocenters. The first kappa shape index (κ1) is 30.2. The highest BCUT2D eigenvalue weighted by Gasteiger charge is 2.34. The number of esters is 1. The number of aliphatic hydroxyl groups is 4. The van der Waals surface area contributed by atoms with Crippen LogP contribution in [0.3, 0.4) is 0 Å². The molecule has 0 aliphatic rings. The molecular formula is C27H44O7. The zero-order valence-electron chi connectivity index (χ0n) is 20.6. The summed E-state index contributed by atoms with van der Waals surface area (Å²) in [4.78, 5) is 24.0. The first-order chi connectivity index (χ1) is 16.4. The van der Waals surface area contributed by atoms with Crippen molar-refractivity contribution in [1.29, 1.82) is 0 Å². The topological polar surface area (TPSA) is 124 Å². The van der Waals surface area contributed by atoms with Crippen molar-refractivity contribution in [3.63, 3.8) is 0 Å². The first-order valence-electron chi connectivity index (χ1n) is 12.8. The largest absolute Gasteiger partial charge is 0.463 e. The molecule has 194 valence electrons. The number of carbonyl (C=O) groups is 2. The fourth-order valence-electron chi connectivity index (χ4n) is 3.81. The number of ether oxygens (including phenoxy) is 1. The third kappa shape index (κ3) is 13.2. The highest BCUT2D eigenvalue weighted by molar-refractivity contribution is 5.83. The molecule has 0 bridgehead atoms. The van der Waals surface area contributed by atoms with Gasteiger partial charge in [-0.15, -0.1) is 0 Å². The molecule has 7 heteroatoms. The Hall–Kier alpha value is -1.80. The van der Waals surface area contributed by atoms with Crippen LogP contribution in [0, 0.1) is 0 Å². The van der Waals surface area contributed by atoms with Crippen molar-refractivity contribution in [2.24, 2.45) is 0 Å². The summed E-state index contributed by atoms with van der Waals surface area (Å²) in [5.74, 6) is -1.17. The SMILES string of the molecule is CCCCCCCCCCCCCC(=O)[C@H](O)[C@@H](O)[C@H](O)[C@H](O)COC(=O)Cc1ccccc1. The van der Waals surface area contributed by atoms with Crippen LogP contribution in [0.1, 0.15) is 89.5 Å². The van der Waals surface area contributed by atoms with E-state index >= 15 is 0 Å². The number of aliphatic hydroxyl groups excluding tert-OH is 4. The summed E-state index contributed by atoms with van der Waals surface area (Å²) in [5.41, 5.74) is 0.742. The van der Waals surface area contributed by atoms with Crippen molar-refractivity contribution >= 4 is 11.8 Å². The normalized spacial score (nSPS) is 14.9. The van der Waals surface area contributed by atoms with Crippen LogP contribution >= 0.6 is 0 Å². The Balaban J connectivity index is 2.17. The summed E-state index contributed by atoms with van der Waals surface area (Å²) in [6.07, 6.45) is 5.55. The average molecular weight is 481 g/mol. The van der Waals surface area contributed by atoms with E-state index in [0.29, 0.717) is 6.42 Å². The Bertz CT molecular complexity index is 664. The molecule has 4 N–H and O–H groups in total. The van der Waals surface area contributed by atoms with E-state index in [9.17, 15) is 30.0 Å². The molecular weight excluding hydrogens is 436 g/mol. The van der Waals surface area contributed by atoms with Gasteiger partial charge in [-0.05, 0) is 12.0 Å². The molecule has 0 heterocycles. The summed E-state index contributed by atoms with van der Waals surface area (Å²) < 4.78 is 4.94. The van der Waals surface area contributed by atoms with Crippen molar-refractivity contribution < 1.29 is 34.8 Å². The lowest BCUT2D eigenvalue weighted by molar-refractivity contribution is -0.158. The minimum absolute atomic E-state index is 0.00623. The summed E-state index contributed by atoms with van der Waals surface area (Å²) in [7, 11) is 0. The fraction of sp³-hybridized carbons (Fsp3) is 0.704. The third-order valence-electron chi connectivity index (χ3n) is 6.03. The average Bonchev–Trinajstić information content (AvgIpc) is 2.84. The monoisotopic (exact) mass is 480 g/mol. The van der Waals surface area contributed by atoms with Crippen LogP contribution in [0.5, 0.6) is 0 Å². The van der Waals surface area contributed by atoms with Gasteiger partial charge in [0.2, 0.25) is 0 Å². The van der Waals surface area contributed by atoms with Gasteiger partial charge >= 0.3 is 5.97 Å². The molecule has 0 amide bonds. The summed E-state index contributed by atoms with van der Waals surface area (Å²) in [6, 6.07) is 8.90. The standard InChI is InChI=1S/C27H44O7/c1-2-3-4-5-6-7-8-9-10-11-15-18-22(28)25(31)27(33)26(32)23(29)20-34-24(30)19-21-16-13-12-14-17-21/h12-14,16-17,23,25-27,29,31-33H,2-11,15,18-20H2,1H3/t23-,25+,26-,27-/m1/s1. The van der Waals surface area contributed by atoms with Gasteiger partial charge in [0.05, 0.1) is 6.42 Å². The third-order valence-corrected chi connectivity index (χ3v) is 6.03. The van der Waals surface area contributed by atoms with Gasteiger partial charge in [-0.1, -0.05) is 101 Å². The van der Waals surface area contributed by atoms with Crippen LogP contribution in [-0.2, 0) is 20.7 Å².